The lowest BCUT2D eigenvalue weighted by molar-refractivity contribution is 0.131. The topological polar surface area (TPSA) is 20.2 Å². The third-order valence-corrected chi connectivity index (χ3v) is 3.15. The third-order valence-electron chi connectivity index (χ3n) is 3.15. The molecule has 1 aromatic carbocycles. The lowest BCUT2D eigenvalue weighted by Gasteiger charge is -2.15. The minimum atomic E-state index is -0.505. The molecule has 0 aliphatic heterocycles. The Morgan fingerprint density at radius 3 is 2.40 bits per heavy atom. The summed E-state index contributed by atoms with van der Waals surface area (Å²) in [5.41, 5.74) is 0.114. The van der Waals surface area contributed by atoms with Crippen LogP contribution in [0.25, 0.3) is 0 Å². The molecule has 0 saturated heterocycles. The standard InChI is InChI=1S/C12H14F2O/c13-10-4-2-5-11(14)9(10)7-8-3-1-6-12(8)15/h2,4-5,8,12,15H,1,3,6-7H2. The Morgan fingerprint density at radius 2 is 1.87 bits per heavy atom. The molecule has 1 N–H and O–H groups in total. The van der Waals surface area contributed by atoms with Gasteiger partial charge in [0, 0.05) is 5.56 Å². The molecule has 1 aromatic rings. The van der Waals surface area contributed by atoms with Crippen LogP contribution in [0.4, 0.5) is 8.78 Å². The van der Waals surface area contributed by atoms with E-state index in [1.54, 1.807) is 0 Å². The highest BCUT2D eigenvalue weighted by Gasteiger charge is 2.27. The summed E-state index contributed by atoms with van der Waals surface area (Å²) >= 11 is 0. The summed E-state index contributed by atoms with van der Waals surface area (Å²) in [5, 5.41) is 9.59. The first-order valence-corrected chi connectivity index (χ1v) is 5.29. The molecular formula is C12H14F2O. The van der Waals surface area contributed by atoms with Crippen LogP contribution in [0.5, 0.6) is 0 Å². The first kappa shape index (κ1) is 10.6. The first-order valence-electron chi connectivity index (χ1n) is 5.29. The van der Waals surface area contributed by atoms with Crippen LogP contribution in [0.15, 0.2) is 18.2 Å². The largest absolute Gasteiger partial charge is 0.393 e. The predicted octanol–water partition coefficient (Wildman–Crippen LogP) is 2.67. The van der Waals surface area contributed by atoms with E-state index in [1.165, 1.54) is 18.2 Å². The Labute approximate surface area is 87.7 Å². The molecule has 82 valence electrons. The number of aliphatic hydroxyl groups is 1. The molecule has 0 spiro atoms. The van der Waals surface area contributed by atoms with Crippen molar-refractivity contribution < 1.29 is 13.9 Å². The summed E-state index contributed by atoms with van der Waals surface area (Å²) in [6.45, 7) is 0. The van der Waals surface area contributed by atoms with Gasteiger partial charge in [0.25, 0.3) is 0 Å². The summed E-state index contributed by atoms with van der Waals surface area (Å²) in [5.74, 6) is -1.00. The van der Waals surface area contributed by atoms with Crippen molar-refractivity contribution in [3.05, 3.63) is 35.4 Å². The minimum absolute atomic E-state index is 0.0106. The zero-order valence-corrected chi connectivity index (χ0v) is 8.42. The van der Waals surface area contributed by atoms with E-state index in [-0.39, 0.29) is 11.5 Å². The zero-order chi connectivity index (χ0) is 10.8. The Morgan fingerprint density at radius 1 is 1.20 bits per heavy atom. The molecular weight excluding hydrogens is 198 g/mol. The van der Waals surface area contributed by atoms with E-state index in [9.17, 15) is 13.9 Å². The number of halogens is 2. The van der Waals surface area contributed by atoms with Crippen molar-refractivity contribution in [3.63, 3.8) is 0 Å². The lowest BCUT2D eigenvalue weighted by Crippen LogP contribution is -2.16. The summed E-state index contributed by atoms with van der Waals surface area (Å²) < 4.78 is 26.6. The summed E-state index contributed by atoms with van der Waals surface area (Å²) in [6, 6.07) is 3.89. The molecule has 1 saturated carbocycles. The molecule has 1 aliphatic carbocycles. The fourth-order valence-corrected chi connectivity index (χ4v) is 2.24. The number of benzene rings is 1. The number of rotatable bonds is 2. The molecule has 1 aliphatic rings. The average Bonchev–Trinajstić information content (AvgIpc) is 2.58. The number of hydrogen-bond acceptors (Lipinski definition) is 1. The maximum Gasteiger partial charge on any atom is 0.129 e. The normalized spacial score (nSPS) is 25.8. The Bertz CT molecular complexity index is 331. The molecule has 1 nitrogen and oxygen atoms in total. The number of aliphatic hydroxyl groups excluding tert-OH is 1. The van der Waals surface area contributed by atoms with Crippen LogP contribution >= 0.6 is 0 Å². The monoisotopic (exact) mass is 212 g/mol. The summed E-state index contributed by atoms with van der Waals surface area (Å²) in [7, 11) is 0. The van der Waals surface area contributed by atoms with Gasteiger partial charge in [0.05, 0.1) is 6.10 Å². The van der Waals surface area contributed by atoms with Crippen LogP contribution in [0.2, 0.25) is 0 Å². The molecule has 2 rings (SSSR count). The van der Waals surface area contributed by atoms with Crippen LogP contribution in [0.3, 0.4) is 0 Å². The second kappa shape index (κ2) is 4.27. The second-order valence-corrected chi connectivity index (χ2v) is 4.16. The Balaban J connectivity index is 2.16. The highest BCUT2D eigenvalue weighted by molar-refractivity contribution is 5.20. The van der Waals surface area contributed by atoms with Gasteiger partial charge in [-0.3, -0.25) is 0 Å². The van der Waals surface area contributed by atoms with Gasteiger partial charge >= 0.3 is 0 Å². The van der Waals surface area contributed by atoms with Gasteiger partial charge in [-0.1, -0.05) is 12.5 Å². The van der Waals surface area contributed by atoms with Gasteiger partial charge in [-0.15, -0.1) is 0 Å². The molecule has 2 unspecified atom stereocenters. The van der Waals surface area contributed by atoms with E-state index in [2.05, 4.69) is 0 Å². The summed E-state index contributed by atoms with van der Waals surface area (Å²) in [6.07, 6.45) is 2.46. The van der Waals surface area contributed by atoms with E-state index in [1.807, 2.05) is 0 Å². The molecule has 0 heterocycles. The highest BCUT2D eigenvalue weighted by Crippen LogP contribution is 2.30. The number of hydrogen-bond donors (Lipinski definition) is 1. The Hall–Kier alpha value is -0.960. The van der Waals surface area contributed by atoms with E-state index >= 15 is 0 Å². The summed E-state index contributed by atoms with van der Waals surface area (Å²) in [4.78, 5) is 0. The van der Waals surface area contributed by atoms with Crippen molar-refractivity contribution >= 4 is 0 Å². The molecule has 15 heavy (non-hydrogen) atoms. The van der Waals surface area contributed by atoms with Gasteiger partial charge in [-0.25, -0.2) is 8.78 Å². The molecule has 0 amide bonds. The van der Waals surface area contributed by atoms with Gasteiger partial charge in [-0.2, -0.15) is 0 Å². The maximum absolute atomic E-state index is 13.3. The van der Waals surface area contributed by atoms with Gasteiger partial charge < -0.3 is 5.11 Å². The smallest absolute Gasteiger partial charge is 0.129 e. The molecule has 2 atom stereocenters. The van der Waals surface area contributed by atoms with E-state index < -0.39 is 17.7 Å². The Kier molecular flexibility index (Phi) is 3.00. The average molecular weight is 212 g/mol. The van der Waals surface area contributed by atoms with Crippen LogP contribution in [0, 0.1) is 17.6 Å². The van der Waals surface area contributed by atoms with Crippen LogP contribution < -0.4 is 0 Å². The van der Waals surface area contributed by atoms with Crippen molar-refractivity contribution in [3.8, 4) is 0 Å². The molecule has 1 fully saturated rings. The predicted molar refractivity (Wildman–Crippen MR) is 53.4 cm³/mol. The van der Waals surface area contributed by atoms with E-state index in [4.69, 9.17) is 0 Å². The quantitative estimate of drug-likeness (QED) is 0.799. The van der Waals surface area contributed by atoms with Crippen LogP contribution in [-0.2, 0) is 6.42 Å². The van der Waals surface area contributed by atoms with E-state index in [0.29, 0.717) is 6.42 Å². The molecule has 0 radical (unpaired) electrons. The fourth-order valence-electron chi connectivity index (χ4n) is 2.24. The van der Waals surface area contributed by atoms with Crippen molar-refractivity contribution in [2.75, 3.05) is 0 Å². The van der Waals surface area contributed by atoms with Gasteiger partial charge in [0.1, 0.15) is 11.6 Å². The van der Waals surface area contributed by atoms with Crippen molar-refractivity contribution in [2.24, 2.45) is 5.92 Å². The van der Waals surface area contributed by atoms with Gasteiger partial charge in [-0.05, 0) is 37.3 Å². The van der Waals surface area contributed by atoms with Gasteiger partial charge in [0.15, 0.2) is 0 Å². The fraction of sp³-hybridized carbons (Fsp3) is 0.500. The first-order chi connectivity index (χ1) is 7.18. The molecule has 0 aromatic heterocycles. The molecule has 3 heteroatoms. The van der Waals surface area contributed by atoms with Crippen molar-refractivity contribution in [1.29, 1.82) is 0 Å². The molecule has 0 bridgehead atoms. The maximum atomic E-state index is 13.3. The third kappa shape index (κ3) is 2.17. The second-order valence-electron chi connectivity index (χ2n) is 4.16. The van der Waals surface area contributed by atoms with Crippen molar-refractivity contribution in [2.45, 2.75) is 31.8 Å². The SMILES string of the molecule is OC1CCCC1Cc1c(F)cccc1F. The lowest BCUT2D eigenvalue weighted by atomic mass is 9.95. The van der Waals surface area contributed by atoms with E-state index in [0.717, 1.165) is 19.3 Å². The highest BCUT2D eigenvalue weighted by atomic mass is 19.1. The van der Waals surface area contributed by atoms with Crippen LogP contribution in [0.1, 0.15) is 24.8 Å². The van der Waals surface area contributed by atoms with Crippen molar-refractivity contribution in [1.82, 2.24) is 0 Å². The zero-order valence-electron chi connectivity index (χ0n) is 8.42. The van der Waals surface area contributed by atoms with Crippen LogP contribution in [-0.4, -0.2) is 11.2 Å². The minimum Gasteiger partial charge on any atom is -0.393 e. The van der Waals surface area contributed by atoms with Gasteiger partial charge in [0.2, 0.25) is 0 Å².